The third-order valence-electron chi connectivity index (χ3n) is 5.01. The average Bonchev–Trinajstić information content (AvgIpc) is 2.77. The van der Waals surface area contributed by atoms with Crippen molar-refractivity contribution in [3.63, 3.8) is 0 Å². The summed E-state index contributed by atoms with van der Waals surface area (Å²) >= 11 is 1.45. The lowest BCUT2D eigenvalue weighted by molar-refractivity contribution is -0.884. The summed E-state index contributed by atoms with van der Waals surface area (Å²) in [5, 5.41) is 12.5. The number of hydrogen-bond acceptors (Lipinski definition) is 3. The number of nitriles is 1. The molecule has 3 rings (SSSR count). The zero-order chi connectivity index (χ0) is 21.3. The highest BCUT2D eigenvalue weighted by Crippen LogP contribution is 2.32. The molecule has 0 aromatic heterocycles. The Balaban J connectivity index is 1.71. The molecule has 3 aromatic rings. The number of quaternary nitrogens is 1. The quantitative estimate of drug-likeness (QED) is 0.593. The highest BCUT2D eigenvalue weighted by atomic mass is 32.2. The molecule has 1 atom stereocenters. The lowest BCUT2D eigenvalue weighted by Crippen LogP contribution is -3.11. The van der Waals surface area contributed by atoms with Crippen molar-refractivity contribution < 1.29 is 9.69 Å². The number of nitrogens with zero attached hydrogens (tertiary/aromatic N) is 1. The molecule has 0 bridgehead atoms. The third kappa shape index (κ3) is 5.73. The molecule has 0 aliphatic heterocycles. The van der Waals surface area contributed by atoms with E-state index in [2.05, 4.69) is 37.6 Å². The van der Waals surface area contributed by atoms with Gasteiger partial charge in [0.25, 0.3) is 5.91 Å². The SMILES string of the molecule is C[NH+](C)[C@@H](CNC(=O)c1ccccc1Sc1ccccc1C#N)Cc1ccccc1. The first-order valence-corrected chi connectivity index (χ1v) is 10.8. The lowest BCUT2D eigenvalue weighted by Gasteiger charge is -2.22. The summed E-state index contributed by atoms with van der Waals surface area (Å²) in [6, 6.07) is 27.8. The van der Waals surface area contributed by atoms with Gasteiger partial charge >= 0.3 is 0 Å². The Kier molecular flexibility index (Phi) is 7.67. The summed E-state index contributed by atoms with van der Waals surface area (Å²) in [6.45, 7) is 0.587. The minimum Gasteiger partial charge on any atom is -0.346 e. The Labute approximate surface area is 182 Å². The first-order chi connectivity index (χ1) is 14.6. The fourth-order valence-electron chi connectivity index (χ4n) is 3.20. The molecule has 152 valence electrons. The molecule has 2 N–H and O–H groups in total. The highest BCUT2D eigenvalue weighted by Gasteiger charge is 2.19. The van der Waals surface area contributed by atoms with E-state index in [0.717, 1.165) is 16.2 Å². The molecule has 5 heteroatoms. The van der Waals surface area contributed by atoms with Gasteiger partial charge in [-0.1, -0.05) is 66.4 Å². The molecule has 0 saturated carbocycles. The molecular weight excluding hydrogens is 390 g/mol. The first kappa shape index (κ1) is 21.6. The maximum absolute atomic E-state index is 13.0. The van der Waals surface area contributed by atoms with Crippen LogP contribution >= 0.6 is 11.8 Å². The molecular formula is C25H26N3OS+. The first-order valence-electron chi connectivity index (χ1n) is 9.96. The van der Waals surface area contributed by atoms with E-state index in [4.69, 9.17) is 0 Å². The average molecular weight is 417 g/mol. The van der Waals surface area contributed by atoms with Crippen LogP contribution in [-0.4, -0.2) is 32.6 Å². The minimum absolute atomic E-state index is 0.0909. The molecule has 0 fully saturated rings. The van der Waals surface area contributed by atoms with Crippen LogP contribution in [0.1, 0.15) is 21.5 Å². The van der Waals surface area contributed by atoms with Gasteiger partial charge in [0.05, 0.1) is 31.8 Å². The molecule has 0 heterocycles. The number of carbonyl (C=O) groups excluding carboxylic acids is 1. The number of amides is 1. The van der Waals surface area contributed by atoms with Gasteiger partial charge in [-0.25, -0.2) is 0 Å². The Bertz CT molecular complexity index is 1030. The molecule has 30 heavy (non-hydrogen) atoms. The molecule has 0 aliphatic rings. The Morgan fingerprint density at radius 2 is 1.60 bits per heavy atom. The van der Waals surface area contributed by atoms with Gasteiger partial charge in [-0.05, 0) is 29.8 Å². The maximum atomic E-state index is 13.0. The van der Waals surface area contributed by atoms with Crippen LogP contribution in [0.15, 0.2) is 88.7 Å². The van der Waals surface area contributed by atoms with Crippen LogP contribution in [0, 0.1) is 11.3 Å². The summed E-state index contributed by atoms with van der Waals surface area (Å²) in [7, 11) is 4.23. The monoisotopic (exact) mass is 416 g/mol. The van der Waals surface area contributed by atoms with Crippen LogP contribution in [0.2, 0.25) is 0 Å². The van der Waals surface area contributed by atoms with Crippen molar-refractivity contribution in [2.24, 2.45) is 0 Å². The van der Waals surface area contributed by atoms with E-state index in [0.29, 0.717) is 17.7 Å². The van der Waals surface area contributed by atoms with E-state index in [9.17, 15) is 10.1 Å². The number of likely N-dealkylation sites (N-methyl/N-ethyl adjacent to an activating group) is 1. The molecule has 0 spiro atoms. The van der Waals surface area contributed by atoms with Crippen LogP contribution in [0.25, 0.3) is 0 Å². The van der Waals surface area contributed by atoms with Gasteiger partial charge in [-0.3, -0.25) is 4.79 Å². The number of carbonyl (C=O) groups is 1. The zero-order valence-corrected chi connectivity index (χ0v) is 18.1. The molecule has 3 aromatic carbocycles. The van der Waals surface area contributed by atoms with Crippen molar-refractivity contribution >= 4 is 17.7 Å². The Hall–Kier alpha value is -3.07. The van der Waals surface area contributed by atoms with E-state index in [1.165, 1.54) is 22.2 Å². The van der Waals surface area contributed by atoms with Crippen LogP contribution in [0.4, 0.5) is 0 Å². The topological polar surface area (TPSA) is 57.3 Å². The van der Waals surface area contributed by atoms with Gasteiger partial charge in [0.2, 0.25) is 0 Å². The van der Waals surface area contributed by atoms with Gasteiger partial charge in [-0.2, -0.15) is 5.26 Å². The van der Waals surface area contributed by atoms with Gasteiger partial charge in [0.15, 0.2) is 0 Å². The number of rotatable bonds is 8. The van der Waals surface area contributed by atoms with Crippen molar-refractivity contribution in [1.29, 1.82) is 5.26 Å². The van der Waals surface area contributed by atoms with Crippen molar-refractivity contribution in [3.05, 3.63) is 95.6 Å². The summed E-state index contributed by atoms with van der Waals surface area (Å²) < 4.78 is 0. The maximum Gasteiger partial charge on any atom is 0.252 e. The number of hydrogen-bond donors (Lipinski definition) is 2. The van der Waals surface area contributed by atoms with E-state index in [1.807, 2.05) is 60.7 Å². The summed E-state index contributed by atoms with van der Waals surface area (Å²) in [4.78, 5) is 16.0. The number of nitrogens with one attached hydrogen (secondary N) is 2. The van der Waals surface area contributed by atoms with E-state index < -0.39 is 0 Å². The largest absolute Gasteiger partial charge is 0.346 e. The Morgan fingerprint density at radius 1 is 0.967 bits per heavy atom. The molecule has 0 aliphatic carbocycles. The Morgan fingerprint density at radius 3 is 2.30 bits per heavy atom. The van der Waals surface area contributed by atoms with Crippen LogP contribution in [-0.2, 0) is 6.42 Å². The zero-order valence-electron chi connectivity index (χ0n) is 17.3. The van der Waals surface area contributed by atoms with Crippen molar-refractivity contribution in [2.45, 2.75) is 22.3 Å². The fourth-order valence-corrected chi connectivity index (χ4v) is 4.22. The van der Waals surface area contributed by atoms with Crippen LogP contribution in [0.3, 0.4) is 0 Å². The molecule has 1 amide bonds. The fraction of sp³-hybridized carbons (Fsp3) is 0.200. The normalized spacial score (nSPS) is 11.7. The van der Waals surface area contributed by atoms with Gasteiger partial charge in [0.1, 0.15) is 12.1 Å². The second-order valence-corrected chi connectivity index (χ2v) is 8.46. The molecule has 0 radical (unpaired) electrons. The predicted octanol–water partition coefficient (Wildman–Crippen LogP) is 3.20. The van der Waals surface area contributed by atoms with Gasteiger partial charge in [-0.15, -0.1) is 0 Å². The van der Waals surface area contributed by atoms with Crippen LogP contribution < -0.4 is 10.2 Å². The van der Waals surface area contributed by atoms with E-state index in [1.54, 1.807) is 6.07 Å². The van der Waals surface area contributed by atoms with E-state index in [-0.39, 0.29) is 11.9 Å². The minimum atomic E-state index is -0.0909. The van der Waals surface area contributed by atoms with Crippen molar-refractivity contribution in [2.75, 3.05) is 20.6 Å². The van der Waals surface area contributed by atoms with Crippen LogP contribution in [0.5, 0.6) is 0 Å². The second-order valence-electron chi connectivity index (χ2n) is 7.38. The smallest absolute Gasteiger partial charge is 0.252 e. The molecule has 0 saturated heterocycles. The summed E-state index contributed by atoms with van der Waals surface area (Å²) in [5.41, 5.74) is 2.50. The second kappa shape index (κ2) is 10.6. The predicted molar refractivity (Wildman–Crippen MR) is 121 cm³/mol. The summed E-state index contributed by atoms with van der Waals surface area (Å²) in [6.07, 6.45) is 0.898. The lowest BCUT2D eigenvalue weighted by atomic mass is 10.0. The van der Waals surface area contributed by atoms with E-state index >= 15 is 0 Å². The number of benzene rings is 3. The van der Waals surface area contributed by atoms with Crippen molar-refractivity contribution in [3.8, 4) is 6.07 Å². The molecule has 0 unspecified atom stereocenters. The van der Waals surface area contributed by atoms with Gasteiger partial charge in [0, 0.05) is 16.2 Å². The highest BCUT2D eigenvalue weighted by molar-refractivity contribution is 7.99. The van der Waals surface area contributed by atoms with Crippen molar-refractivity contribution in [1.82, 2.24) is 5.32 Å². The van der Waals surface area contributed by atoms with Gasteiger partial charge < -0.3 is 10.2 Å². The standard InChI is InChI=1S/C25H25N3OS/c1-28(2)21(16-19-10-4-3-5-11-19)18-27-25(29)22-13-7-9-15-24(22)30-23-14-8-6-12-20(23)17-26/h3-15,21H,16,18H2,1-2H3,(H,27,29)/p+1/t21-/m1/s1. The summed E-state index contributed by atoms with van der Waals surface area (Å²) in [5.74, 6) is -0.0909. The third-order valence-corrected chi connectivity index (χ3v) is 6.16. The molecule has 4 nitrogen and oxygen atoms in total.